The van der Waals surface area contributed by atoms with Crippen molar-refractivity contribution in [2.75, 3.05) is 19.6 Å². The fourth-order valence-corrected chi connectivity index (χ4v) is 5.33. The average Bonchev–Trinajstić information content (AvgIpc) is 3.39. The van der Waals surface area contributed by atoms with Gasteiger partial charge < -0.3 is 15.5 Å². The van der Waals surface area contributed by atoms with Crippen molar-refractivity contribution in [3.8, 4) is 6.07 Å². The number of likely N-dealkylation sites (tertiary alicyclic amines) is 3. The van der Waals surface area contributed by atoms with E-state index in [-0.39, 0.29) is 30.1 Å². The topological polar surface area (TPSA) is 76.6 Å². The standard InChI is InChI=1S/C21H25Cl2N5O/c1-13(27-7-3-4-14(27)9-24)19(25)12-26-10-15-8-20(26)21(29)28(15)11-16-17(22)5-2-6-18(16)23/h2,5-6,14-15,19-20H,1,3-4,7-8,10-12,25H2/t14?,15-,19?,20?/m0/s1. The lowest BCUT2D eigenvalue weighted by molar-refractivity contribution is -0.137. The molecule has 8 heteroatoms. The van der Waals surface area contributed by atoms with Crippen LogP contribution in [0.5, 0.6) is 0 Å². The Morgan fingerprint density at radius 1 is 1.38 bits per heavy atom. The zero-order valence-electron chi connectivity index (χ0n) is 16.2. The quantitative estimate of drug-likeness (QED) is 0.745. The highest BCUT2D eigenvalue weighted by Gasteiger charge is 2.49. The van der Waals surface area contributed by atoms with Gasteiger partial charge in [0.2, 0.25) is 5.91 Å². The summed E-state index contributed by atoms with van der Waals surface area (Å²) in [6.45, 7) is 6.75. The third-order valence-corrected chi connectivity index (χ3v) is 7.12. The molecule has 0 radical (unpaired) electrons. The van der Waals surface area contributed by atoms with Gasteiger partial charge >= 0.3 is 0 Å². The van der Waals surface area contributed by atoms with Crippen LogP contribution in [0.1, 0.15) is 24.8 Å². The van der Waals surface area contributed by atoms with Crippen molar-refractivity contribution >= 4 is 29.1 Å². The summed E-state index contributed by atoms with van der Waals surface area (Å²) in [4.78, 5) is 19.1. The number of rotatable bonds is 6. The Balaban J connectivity index is 1.39. The summed E-state index contributed by atoms with van der Waals surface area (Å²) in [6.07, 6.45) is 2.63. The number of hydrogen-bond acceptors (Lipinski definition) is 5. The number of halogens is 2. The highest BCUT2D eigenvalue weighted by Crippen LogP contribution is 2.36. The summed E-state index contributed by atoms with van der Waals surface area (Å²) < 4.78 is 0. The van der Waals surface area contributed by atoms with Crippen molar-refractivity contribution in [1.29, 1.82) is 5.26 Å². The predicted molar refractivity (Wildman–Crippen MR) is 113 cm³/mol. The molecule has 29 heavy (non-hydrogen) atoms. The molecule has 4 rings (SSSR count). The second-order valence-electron chi connectivity index (χ2n) is 8.10. The van der Waals surface area contributed by atoms with E-state index in [1.807, 2.05) is 9.80 Å². The van der Waals surface area contributed by atoms with E-state index in [4.69, 9.17) is 28.9 Å². The van der Waals surface area contributed by atoms with Gasteiger partial charge in [-0.05, 0) is 31.4 Å². The van der Waals surface area contributed by atoms with Gasteiger partial charge in [0.25, 0.3) is 0 Å². The molecular weight excluding hydrogens is 409 g/mol. The first-order valence-electron chi connectivity index (χ1n) is 9.98. The maximum Gasteiger partial charge on any atom is 0.240 e. The molecule has 0 aromatic heterocycles. The molecule has 3 unspecified atom stereocenters. The Morgan fingerprint density at radius 3 is 2.76 bits per heavy atom. The number of nitrogens with zero attached hydrogens (tertiary/aromatic N) is 4. The third-order valence-electron chi connectivity index (χ3n) is 6.41. The number of hydrogen-bond donors (Lipinski definition) is 1. The predicted octanol–water partition coefficient (Wildman–Crippen LogP) is 2.61. The Labute approximate surface area is 181 Å². The van der Waals surface area contributed by atoms with Crippen molar-refractivity contribution < 1.29 is 4.79 Å². The summed E-state index contributed by atoms with van der Waals surface area (Å²) in [6, 6.07) is 7.28. The smallest absolute Gasteiger partial charge is 0.240 e. The zero-order valence-corrected chi connectivity index (χ0v) is 17.7. The summed E-state index contributed by atoms with van der Waals surface area (Å²) in [5.74, 6) is 0.103. The Morgan fingerprint density at radius 2 is 2.10 bits per heavy atom. The van der Waals surface area contributed by atoms with Gasteiger partial charge in [-0.2, -0.15) is 5.26 Å². The van der Waals surface area contributed by atoms with Crippen molar-refractivity contribution in [1.82, 2.24) is 14.7 Å². The molecule has 0 spiro atoms. The molecule has 3 aliphatic rings. The van der Waals surface area contributed by atoms with Gasteiger partial charge in [-0.3, -0.25) is 9.69 Å². The van der Waals surface area contributed by atoms with Gasteiger partial charge in [-0.25, -0.2) is 0 Å². The van der Waals surface area contributed by atoms with Crippen molar-refractivity contribution in [2.45, 2.75) is 50.0 Å². The molecule has 0 saturated carbocycles. The summed E-state index contributed by atoms with van der Waals surface area (Å²) in [7, 11) is 0. The van der Waals surface area contributed by atoms with E-state index in [0.717, 1.165) is 43.6 Å². The first-order valence-corrected chi connectivity index (χ1v) is 10.7. The third kappa shape index (κ3) is 3.73. The van der Waals surface area contributed by atoms with Crippen LogP contribution in [-0.2, 0) is 11.3 Å². The normalized spacial score (nSPS) is 27.5. The number of piperazine rings is 1. The van der Waals surface area contributed by atoms with E-state index in [9.17, 15) is 10.1 Å². The van der Waals surface area contributed by atoms with E-state index in [2.05, 4.69) is 17.5 Å². The molecule has 0 aliphatic carbocycles. The van der Waals surface area contributed by atoms with Crippen LogP contribution in [0.25, 0.3) is 0 Å². The average molecular weight is 434 g/mol. The number of carbonyl (C=O) groups is 1. The van der Waals surface area contributed by atoms with E-state index in [1.54, 1.807) is 18.2 Å². The van der Waals surface area contributed by atoms with Crippen LogP contribution in [0.2, 0.25) is 10.0 Å². The summed E-state index contributed by atoms with van der Waals surface area (Å²) >= 11 is 12.6. The van der Waals surface area contributed by atoms with E-state index in [1.165, 1.54) is 0 Å². The van der Waals surface area contributed by atoms with Crippen LogP contribution in [0, 0.1) is 11.3 Å². The van der Waals surface area contributed by atoms with Crippen LogP contribution in [-0.4, -0.2) is 64.4 Å². The first-order chi connectivity index (χ1) is 13.9. The molecule has 3 saturated heterocycles. The molecule has 1 aromatic rings. The van der Waals surface area contributed by atoms with E-state index in [0.29, 0.717) is 23.1 Å². The van der Waals surface area contributed by atoms with Crippen LogP contribution in [0.15, 0.2) is 30.5 Å². The second kappa shape index (κ2) is 8.16. The minimum Gasteiger partial charge on any atom is -0.358 e. The SMILES string of the molecule is C=C(C(N)CN1C[C@@H]2CC1C(=O)N2Cc1c(Cl)cccc1Cl)N1CCCC1C#N. The Bertz CT molecular complexity index is 849. The van der Waals surface area contributed by atoms with E-state index >= 15 is 0 Å². The molecule has 1 aromatic carbocycles. The molecule has 6 nitrogen and oxygen atoms in total. The summed E-state index contributed by atoms with van der Waals surface area (Å²) in [5, 5.41) is 10.5. The lowest BCUT2D eigenvalue weighted by Gasteiger charge is -2.37. The fraction of sp³-hybridized carbons (Fsp3) is 0.524. The fourth-order valence-electron chi connectivity index (χ4n) is 4.81. The van der Waals surface area contributed by atoms with Crippen LogP contribution < -0.4 is 5.73 Å². The maximum absolute atomic E-state index is 13.0. The molecule has 3 aliphatic heterocycles. The molecule has 3 heterocycles. The number of nitriles is 1. The molecule has 2 N–H and O–H groups in total. The second-order valence-corrected chi connectivity index (χ2v) is 8.92. The van der Waals surface area contributed by atoms with Crippen molar-refractivity contribution in [3.63, 3.8) is 0 Å². The van der Waals surface area contributed by atoms with Gasteiger partial charge in [0.15, 0.2) is 0 Å². The highest BCUT2D eigenvalue weighted by molar-refractivity contribution is 6.36. The molecular formula is C21H25Cl2N5O. The van der Waals surface area contributed by atoms with Gasteiger partial charge in [0.1, 0.15) is 6.04 Å². The van der Waals surface area contributed by atoms with E-state index < -0.39 is 0 Å². The van der Waals surface area contributed by atoms with Crippen LogP contribution in [0.3, 0.4) is 0 Å². The largest absolute Gasteiger partial charge is 0.358 e. The zero-order chi connectivity index (χ0) is 20.7. The number of benzene rings is 1. The summed E-state index contributed by atoms with van der Waals surface area (Å²) in [5.41, 5.74) is 8.01. The Kier molecular flexibility index (Phi) is 5.76. The van der Waals surface area contributed by atoms with Crippen LogP contribution >= 0.6 is 23.2 Å². The van der Waals surface area contributed by atoms with Gasteiger partial charge in [-0.1, -0.05) is 35.8 Å². The number of fused-ring (bicyclic) bond motifs is 2. The lowest BCUT2D eigenvalue weighted by atomic mass is 10.1. The van der Waals surface area contributed by atoms with Gasteiger partial charge in [-0.15, -0.1) is 0 Å². The van der Waals surface area contributed by atoms with Crippen LogP contribution in [0.4, 0.5) is 0 Å². The van der Waals surface area contributed by atoms with Gasteiger partial charge in [0.05, 0.1) is 18.2 Å². The number of amides is 1. The number of nitrogens with two attached hydrogens (primary N) is 1. The maximum atomic E-state index is 13.0. The highest BCUT2D eigenvalue weighted by atomic mass is 35.5. The molecule has 4 atom stereocenters. The van der Waals surface area contributed by atoms with Gasteiger partial charge in [0, 0.05) is 53.5 Å². The molecule has 2 bridgehead atoms. The number of carbonyl (C=O) groups excluding carboxylic acids is 1. The van der Waals surface area contributed by atoms with Crippen molar-refractivity contribution in [2.24, 2.45) is 5.73 Å². The monoisotopic (exact) mass is 433 g/mol. The molecule has 3 fully saturated rings. The molecule has 154 valence electrons. The van der Waals surface area contributed by atoms with Crippen molar-refractivity contribution in [3.05, 3.63) is 46.1 Å². The lowest BCUT2D eigenvalue weighted by Crippen LogP contribution is -2.53. The molecule has 1 amide bonds. The first kappa shape index (κ1) is 20.5. The minimum atomic E-state index is -0.289. The minimum absolute atomic E-state index is 0.103. The Hall–Kier alpha value is -1.78.